The number of benzene rings is 1. The van der Waals surface area contributed by atoms with Gasteiger partial charge in [-0.25, -0.2) is 9.65 Å². The Balaban J connectivity index is 1.83. The predicted molar refractivity (Wildman–Crippen MR) is 144 cm³/mol. The van der Waals surface area contributed by atoms with Crippen LogP contribution in [0, 0.1) is 11.3 Å². The third-order valence-electron chi connectivity index (χ3n) is 4.93. The second-order valence-electron chi connectivity index (χ2n) is 8.62. The van der Waals surface area contributed by atoms with E-state index in [0.717, 1.165) is 0 Å². The highest BCUT2D eigenvalue weighted by Crippen LogP contribution is 2.45. The van der Waals surface area contributed by atoms with Gasteiger partial charge in [-0.15, -0.1) is 0 Å². The van der Waals surface area contributed by atoms with Gasteiger partial charge in [0, 0.05) is 24.1 Å². The molecular weight excluding hydrogens is 509 g/mol. The van der Waals surface area contributed by atoms with E-state index in [0.29, 0.717) is 25.2 Å². The molecule has 4 N–H and O–H groups in total. The number of nitrogens with one attached hydrogen (secondary N) is 2. The number of anilines is 1. The first kappa shape index (κ1) is 30.7. The summed E-state index contributed by atoms with van der Waals surface area (Å²) in [4.78, 5) is 34.4. The van der Waals surface area contributed by atoms with E-state index in [-0.39, 0.29) is 42.4 Å². The van der Waals surface area contributed by atoms with E-state index < -0.39 is 20.3 Å². The standard InChI is InChI=1S/C25H36N7O5P/c1-18(2)32(19(3)4)38(36-15-9-13-26)37-16-10-14-35-31-17-28-22(23(31)27)25(34)30-20(5)29-24(33)21-11-7-6-8-12-21/h6-8,11-12,17-19H,5,9-10,14-16,27H2,1-4H3,(H,29,33)(H,30,34). The molecule has 13 heteroatoms. The number of carbonyl (C=O) groups excluding carboxylic acids is 2. The number of hydrogen-bond donors (Lipinski definition) is 3. The zero-order valence-corrected chi connectivity index (χ0v) is 23.1. The summed E-state index contributed by atoms with van der Waals surface area (Å²) >= 11 is 0. The zero-order valence-electron chi connectivity index (χ0n) is 22.2. The van der Waals surface area contributed by atoms with E-state index in [1.54, 1.807) is 30.3 Å². The minimum atomic E-state index is -1.33. The predicted octanol–water partition coefficient (Wildman–Crippen LogP) is 3.21. The third-order valence-corrected chi connectivity index (χ3v) is 7.04. The Hall–Kier alpha value is -3.49. The number of rotatable bonds is 16. The second-order valence-corrected chi connectivity index (χ2v) is 10.1. The van der Waals surface area contributed by atoms with Gasteiger partial charge in [0.05, 0.1) is 25.7 Å². The molecule has 0 fully saturated rings. The maximum Gasteiger partial charge on any atom is 0.279 e. The number of nitrogens with zero attached hydrogens (tertiary/aromatic N) is 4. The summed E-state index contributed by atoms with van der Waals surface area (Å²) in [5, 5.41) is 13.8. The van der Waals surface area contributed by atoms with Crippen molar-refractivity contribution in [3.63, 3.8) is 0 Å². The van der Waals surface area contributed by atoms with Gasteiger partial charge in [-0.2, -0.15) is 9.99 Å². The van der Waals surface area contributed by atoms with Crippen LogP contribution in [0.15, 0.2) is 49.1 Å². The molecule has 0 radical (unpaired) electrons. The fourth-order valence-electron chi connectivity index (χ4n) is 3.32. The average Bonchev–Trinajstić information content (AvgIpc) is 3.23. The minimum Gasteiger partial charge on any atom is -0.411 e. The van der Waals surface area contributed by atoms with E-state index in [9.17, 15) is 9.59 Å². The Morgan fingerprint density at radius 1 is 1.11 bits per heavy atom. The molecule has 38 heavy (non-hydrogen) atoms. The molecule has 0 aliphatic rings. The number of aromatic nitrogens is 2. The molecule has 1 aromatic carbocycles. The van der Waals surface area contributed by atoms with Gasteiger partial charge in [0.2, 0.25) is 0 Å². The summed E-state index contributed by atoms with van der Waals surface area (Å²) in [6.45, 7) is 12.8. The topological polar surface area (TPSA) is 157 Å². The van der Waals surface area contributed by atoms with Gasteiger partial charge in [0.1, 0.15) is 18.8 Å². The summed E-state index contributed by atoms with van der Waals surface area (Å²) in [5.41, 5.74) is 6.37. The lowest BCUT2D eigenvalue weighted by molar-refractivity contribution is 0.0927. The molecule has 12 nitrogen and oxygen atoms in total. The number of nitriles is 1. The van der Waals surface area contributed by atoms with Gasteiger partial charge in [0.25, 0.3) is 20.3 Å². The van der Waals surface area contributed by atoms with Crippen LogP contribution in [0.4, 0.5) is 5.82 Å². The van der Waals surface area contributed by atoms with Crippen molar-refractivity contribution in [2.75, 3.05) is 25.6 Å². The smallest absolute Gasteiger partial charge is 0.279 e. The van der Waals surface area contributed by atoms with Crippen LogP contribution in [-0.2, 0) is 9.05 Å². The van der Waals surface area contributed by atoms with Crippen LogP contribution in [0.3, 0.4) is 0 Å². The largest absolute Gasteiger partial charge is 0.411 e. The van der Waals surface area contributed by atoms with Crippen molar-refractivity contribution in [3.8, 4) is 6.07 Å². The first-order valence-electron chi connectivity index (χ1n) is 12.2. The van der Waals surface area contributed by atoms with Gasteiger partial charge in [0.15, 0.2) is 11.5 Å². The summed E-state index contributed by atoms with van der Waals surface area (Å²) in [6.07, 6.45) is 2.09. The van der Waals surface area contributed by atoms with E-state index in [4.69, 9.17) is 24.9 Å². The van der Waals surface area contributed by atoms with E-state index >= 15 is 0 Å². The molecule has 1 heterocycles. The van der Waals surface area contributed by atoms with Crippen LogP contribution in [0.2, 0.25) is 0 Å². The number of nitrogens with two attached hydrogens (primary N) is 1. The fraction of sp³-hybridized carbons (Fsp3) is 0.440. The molecule has 1 atom stereocenters. The van der Waals surface area contributed by atoms with Crippen LogP contribution in [0.1, 0.15) is 61.4 Å². The maximum absolute atomic E-state index is 12.5. The highest BCUT2D eigenvalue weighted by atomic mass is 31.2. The van der Waals surface area contributed by atoms with Crippen molar-refractivity contribution < 1.29 is 23.5 Å². The highest BCUT2D eigenvalue weighted by Gasteiger charge is 2.27. The SMILES string of the molecule is C=C(NC(=O)c1ccccc1)NC(=O)c1ncn(OCCCOP(OCCC#N)N(C(C)C)C(C)C)c1N. The number of imidazole rings is 1. The molecular formula is C25H36N7O5P. The van der Waals surface area contributed by atoms with E-state index in [1.807, 2.05) is 0 Å². The first-order valence-corrected chi connectivity index (χ1v) is 13.3. The quantitative estimate of drug-likeness (QED) is 0.213. The fourth-order valence-corrected chi connectivity index (χ4v) is 4.95. The normalized spacial score (nSPS) is 11.8. The van der Waals surface area contributed by atoms with Crippen molar-refractivity contribution in [3.05, 3.63) is 60.3 Å². The lowest BCUT2D eigenvalue weighted by Crippen LogP contribution is -2.34. The maximum atomic E-state index is 12.5. The van der Waals surface area contributed by atoms with Crippen LogP contribution in [-0.4, -0.2) is 58.1 Å². The molecule has 206 valence electrons. The van der Waals surface area contributed by atoms with E-state index in [1.165, 1.54) is 11.1 Å². The van der Waals surface area contributed by atoms with Crippen molar-refractivity contribution in [1.82, 2.24) is 25.0 Å². The Morgan fingerprint density at radius 2 is 1.74 bits per heavy atom. The Kier molecular flexibility index (Phi) is 12.7. The number of carbonyl (C=O) groups is 2. The molecule has 0 saturated carbocycles. The molecule has 0 saturated heterocycles. The molecule has 2 amide bonds. The van der Waals surface area contributed by atoms with Crippen LogP contribution >= 0.6 is 8.53 Å². The molecule has 1 unspecified atom stereocenters. The van der Waals surface area contributed by atoms with Gasteiger partial charge < -0.3 is 30.3 Å². The van der Waals surface area contributed by atoms with Gasteiger partial charge in [-0.1, -0.05) is 24.8 Å². The highest BCUT2D eigenvalue weighted by molar-refractivity contribution is 7.44. The average molecular weight is 546 g/mol. The van der Waals surface area contributed by atoms with Crippen LogP contribution < -0.4 is 21.2 Å². The number of amides is 2. The molecule has 0 aliphatic heterocycles. The minimum absolute atomic E-state index is 0.00140. The summed E-state index contributed by atoms with van der Waals surface area (Å²) in [7, 11) is -1.33. The third kappa shape index (κ3) is 9.43. The van der Waals surface area contributed by atoms with Gasteiger partial charge >= 0.3 is 0 Å². The first-order chi connectivity index (χ1) is 18.1. The zero-order chi connectivity index (χ0) is 28.1. The number of hydrogen-bond acceptors (Lipinski definition) is 9. The molecule has 1 aromatic heterocycles. The summed E-state index contributed by atoms with van der Waals surface area (Å²) in [5.74, 6) is -1.07. The lowest BCUT2D eigenvalue weighted by atomic mass is 10.2. The molecule has 2 rings (SSSR count). The molecule has 0 spiro atoms. The Morgan fingerprint density at radius 3 is 2.37 bits per heavy atom. The Labute approximate surface area is 224 Å². The van der Waals surface area contributed by atoms with Crippen molar-refractivity contribution in [2.24, 2.45) is 0 Å². The summed E-state index contributed by atoms with van der Waals surface area (Å²) in [6, 6.07) is 11.0. The van der Waals surface area contributed by atoms with Crippen molar-refractivity contribution >= 4 is 26.2 Å². The number of nitrogen functional groups attached to an aromatic ring is 1. The summed E-state index contributed by atoms with van der Waals surface area (Å²) < 4.78 is 15.2. The van der Waals surface area contributed by atoms with Crippen molar-refractivity contribution in [2.45, 2.75) is 52.6 Å². The molecule has 0 bridgehead atoms. The van der Waals surface area contributed by atoms with Crippen LogP contribution in [0.5, 0.6) is 0 Å². The van der Waals surface area contributed by atoms with Crippen LogP contribution in [0.25, 0.3) is 0 Å². The molecule has 0 aliphatic carbocycles. The Bertz CT molecular complexity index is 1090. The van der Waals surface area contributed by atoms with Gasteiger partial charge in [-0.3, -0.25) is 9.59 Å². The monoisotopic (exact) mass is 545 g/mol. The second kappa shape index (κ2) is 15.7. The molecule has 2 aromatic rings. The van der Waals surface area contributed by atoms with Gasteiger partial charge in [-0.05, 0) is 39.8 Å². The van der Waals surface area contributed by atoms with Crippen molar-refractivity contribution in [1.29, 1.82) is 5.26 Å². The lowest BCUT2D eigenvalue weighted by Gasteiger charge is -2.35. The van der Waals surface area contributed by atoms with E-state index in [2.05, 4.69) is 60.6 Å².